The average molecular weight is 243 g/mol. The molecule has 0 aliphatic carbocycles. The normalized spacial score (nSPS) is 12.4. The van der Waals surface area contributed by atoms with Crippen LogP contribution in [0.25, 0.3) is 0 Å². The van der Waals surface area contributed by atoms with Gasteiger partial charge >= 0.3 is 5.97 Å². The number of aliphatic carboxylic acids is 1. The zero-order chi connectivity index (χ0) is 13.5. The van der Waals surface area contributed by atoms with Crippen molar-refractivity contribution >= 4 is 5.97 Å². The molecule has 0 aromatic heterocycles. The van der Waals surface area contributed by atoms with E-state index >= 15 is 0 Å². The van der Waals surface area contributed by atoms with Crippen molar-refractivity contribution in [3.63, 3.8) is 0 Å². The van der Waals surface area contributed by atoms with Gasteiger partial charge in [-0.2, -0.15) is 0 Å². The van der Waals surface area contributed by atoms with Gasteiger partial charge in [-0.05, 0) is 53.1 Å². The zero-order valence-corrected chi connectivity index (χ0v) is 12.1. The first-order valence-corrected chi connectivity index (χ1v) is 6.78. The largest absolute Gasteiger partial charge is 0.481 e. The van der Waals surface area contributed by atoms with Crippen LogP contribution >= 0.6 is 0 Å². The molecule has 3 nitrogen and oxygen atoms in total. The lowest BCUT2D eigenvalue weighted by molar-refractivity contribution is -0.147. The standard InChI is InChI=1S/C14H29NO2/c1-6-12(7-2)15(5)11-9-8-10-14(3,4)13(16)17/h12H,6-11H2,1-5H3,(H,16,17). The molecule has 0 heterocycles. The van der Waals surface area contributed by atoms with Gasteiger partial charge in [-0.15, -0.1) is 0 Å². The number of carboxylic acids is 1. The minimum Gasteiger partial charge on any atom is -0.481 e. The zero-order valence-electron chi connectivity index (χ0n) is 12.1. The highest BCUT2D eigenvalue weighted by molar-refractivity contribution is 5.73. The maximum absolute atomic E-state index is 10.9. The van der Waals surface area contributed by atoms with E-state index in [1.165, 1.54) is 12.8 Å². The number of nitrogens with zero attached hydrogens (tertiary/aromatic N) is 1. The predicted molar refractivity (Wildman–Crippen MR) is 72.3 cm³/mol. The first-order valence-electron chi connectivity index (χ1n) is 6.78. The Bertz CT molecular complexity index is 222. The van der Waals surface area contributed by atoms with Gasteiger partial charge in [0.1, 0.15) is 0 Å². The van der Waals surface area contributed by atoms with Crippen molar-refractivity contribution in [1.29, 1.82) is 0 Å². The Morgan fingerprint density at radius 2 is 1.76 bits per heavy atom. The molecule has 0 aromatic carbocycles. The Morgan fingerprint density at radius 3 is 2.18 bits per heavy atom. The number of carboxylic acid groups (broad SMARTS) is 1. The molecule has 0 aliphatic rings. The second kappa shape index (κ2) is 7.70. The molecule has 102 valence electrons. The van der Waals surface area contributed by atoms with Crippen molar-refractivity contribution in [2.75, 3.05) is 13.6 Å². The molecule has 0 rings (SSSR count). The molecule has 0 bridgehead atoms. The van der Waals surface area contributed by atoms with Crippen molar-refractivity contribution in [2.24, 2.45) is 5.41 Å². The molecule has 0 aromatic rings. The number of hydrogen-bond donors (Lipinski definition) is 1. The summed E-state index contributed by atoms with van der Waals surface area (Å²) in [7, 11) is 2.17. The molecule has 0 unspecified atom stereocenters. The third-order valence-corrected chi connectivity index (χ3v) is 3.71. The van der Waals surface area contributed by atoms with E-state index in [9.17, 15) is 4.79 Å². The molecule has 17 heavy (non-hydrogen) atoms. The summed E-state index contributed by atoms with van der Waals surface area (Å²) in [5.41, 5.74) is -0.576. The fourth-order valence-electron chi connectivity index (χ4n) is 2.13. The van der Waals surface area contributed by atoms with Crippen LogP contribution in [0.4, 0.5) is 0 Å². The molecule has 1 N–H and O–H groups in total. The van der Waals surface area contributed by atoms with Gasteiger partial charge in [0.25, 0.3) is 0 Å². The van der Waals surface area contributed by atoms with Crippen LogP contribution in [-0.2, 0) is 4.79 Å². The lowest BCUT2D eigenvalue weighted by Crippen LogP contribution is -2.31. The second-order valence-electron chi connectivity index (χ2n) is 5.60. The van der Waals surface area contributed by atoms with Gasteiger partial charge < -0.3 is 10.0 Å². The Balaban J connectivity index is 3.81. The molecule has 0 aliphatic heterocycles. The Morgan fingerprint density at radius 1 is 1.24 bits per heavy atom. The van der Waals surface area contributed by atoms with E-state index in [4.69, 9.17) is 5.11 Å². The van der Waals surface area contributed by atoms with Crippen LogP contribution in [0.1, 0.15) is 59.8 Å². The molecule has 0 saturated heterocycles. The smallest absolute Gasteiger partial charge is 0.309 e. The third kappa shape index (κ3) is 6.06. The number of carbonyl (C=O) groups is 1. The van der Waals surface area contributed by atoms with Crippen molar-refractivity contribution < 1.29 is 9.90 Å². The highest BCUT2D eigenvalue weighted by atomic mass is 16.4. The van der Waals surface area contributed by atoms with Crippen LogP contribution in [-0.4, -0.2) is 35.6 Å². The maximum Gasteiger partial charge on any atom is 0.309 e. The lowest BCUT2D eigenvalue weighted by atomic mass is 9.87. The number of unbranched alkanes of at least 4 members (excludes halogenated alkanes) is 1. The number of hydrogen-bond acceptors (Lipinski definition) is 2. The van der Waals surface area contributed by atoms with Gasteiger partial charge in [-0.3, -0.25) is 4.79 Å². The highest BCUT2D eigenvalue weighted by Crippen LogP contribution is 2.23. The second-order valence-corrected chi connectivity index (χ2v) is 5.60. The molecular formula is C14H29NO2. The minimum absolute atomic E-state index is 0.576. The lowest BCUT2D eigenvalue weighted by Gasteiger charge is -2.26. The molecule has 0 spiro atoms. The van der Waals surface area contributed by atoms with Crippen molar-refractivity contribution in [3.05, 3.63) is 0 Å². The van der Waals surface area contributed by atoms with Crippen molar-refractivity contribution in [1.82, 2.24) is 4.90 Å². The molecule has 0 atom stereocenters. The van der Waals surface area contributed by atoms with E-state index in [1.807, 2.05) is 0 Å². The molecule has 0 saturated carbocycles. The Kier molecular flexibility index (Phi) is 7.44. The topological polar surface area (TPSA) is 40.5 Å². The van der Waals surface area contributed by atoms with E-state index in [0.29, 0.717) is 6.04 Å². The molecular weight excluding hydrogens is 214 g/mol. The molecule has 0 radical (unpaired) electrons. The van der Waals surface area contributed by atoms with Crippen LogP contribution in [0.5, 0.6) is 0 Å². The summed E-state index contributed by atoms with van der Waals surface area (Å²) in [5, 5.41) is 9.00. The molecule has 0 fully saturated rings. The van der Waals surface area contributed by atoms with E-state index in [0.717, 1.165) is 25.8 Å². The van der Waals surface area contributed by atoms with Gasteiger partial charge in [0, 0.05) is 6.04 Å². The van der Waals surface area contributed by atoms with Crippen LogP contribution in [0.3, 0.4) is 0 Å². The summed E-state index contributed by atoms with van der Waals surface area (Å²) in [6, 6.07) is 0.669. The fourth-order valence-corrected chi connectivity index (χ4v) is 2.13. The van der Waals surface area contributed by atoms with Gasteiger partial charge in [0.05, 0.1) is 5.41 Å². The molecule has 0 amide bonds. The van der Waals surface area contributed by atoms with Crippen LogP contribution in [0.2, 0.25) is 0 Å². The molecule has 3 heteroatoms. The quantitative estimate of drug-likeness (QED) is 0.631. The van der Waals surface area contributed by atoms with Gasteiger partial charge in [0.2, 0.25) is 0 Å². The Hall–Kier alpha value is -0.570. The van der Waals surface area contributed by atoms with Crippen LogP contribution in [0, 0.1) is 5.41 Å². The number of rotatable bonds is 9. The SMILES string of the molecule is CCC(CC)N(C)CCCCC(C)(C)C(=O)O. The van der Waals surface area contributed by atoms with Crippen molar-refractivity contribution in [2.45, 2.75) is 65.8 Å². The van der Waals surface area contributed by atoms with Gasteiger partial charge in [0.15, 0.2) is 0 Å². The summed E-state index contributed by atoms with van der Waals surface area (Å²) in [6.45, 7) is 9.12. The summed E-state index contributed by atoms with van der Waals surface area (Å²) in [5.74, 6) is -0.689. The van der Waals surface area contributed by atoms with E-state index < -0.39 is 11.4 Å². The summed E-state index contributed by atoms with van der Waals surface area (Å²) in [4.78, 5) is 13.3. The van der Waals surface area contributed by atoms with E-state index in [2.05, 4.69) is 25.8 Å². The van der Waals surface area contributed by atoms with E-state index in [-0.39, 0.29) is 0 Å². The summed E-state index contributed by atoms with van der Waals surface area (Å²) < 4.78 is 0. The average Bonchev–Trinajstić information content (AvgIpc) is 2.26. The first kappa shape index (κ1) is 16.4. The minimum atomic E-state index is -0.689. The predicted octanol–water partition coefficient (Wildman–Crippen LogP) is 3.39. The van der Waals surface area contributed by atoms with Gasteiger partial charge in [-0.25, -0.2) is 0 Å². The third-order valence-electron chi connectivity index (χ3n) is 3.71. The van der Waals surface area contributed by atoms with Crippen LogP contribution < -0.4 is 0 Å². The van der Waals surface area contributed by atoms with Crippen molar-refractivity contribution in [3.8, 4) is 0 Å². The monoisotopic (exact) mass is 243 g/mol. The summed E-state index contributed by atoms with van der Waals surface area (Å²) >= 11 is 0. The Labute approximate surface area is 106 Å². The summed E-state index contributed by atoms with van der Waals surface area (Å²) in [6.07, 6.45) is 5.22. The highest BCUT2D eigenvalue weighted by Gasteiger charge is 2.26. The first-order chi connectivity index (χ1) is 7.85. The maximum atomic E-state index is 10.9. The van der Waals surface area contributed by atoms with Gasteiger partial charge in [-0.1, -0.05) is 20.3 Å². The van der Waals surface area contributed by atoms with Crippen LogP contribution in [0.15, 0.2) is 0 Å². The van der Waals surface area contributed by atoms with E-state index in [1.54, 1.807) is 13.8 Å². The fraction of sp³-hybridized carbons (Fsp3) is 0.929.